The van der Waals surface area contributed by atoms with E-state index in [1.807, 2.05) is 0 Å². The number of hydrogen-bond acceptors (Lipinski definition) is 5. The van der Waals surface area contributed by atoms with Gasteiger partial charge in [-0.1, -0.05) is 30.9 Å². The van der Waals surface area contributed by atoms with Gasteiger partial charge in [0.1, 0.15) is 0 Å². The van der Waals surface area contributed by atoms with Crippen LogP contribution in [-0.4, -0.2) is 70.0 Å². The van der Waals surface area contributed by atoms with Gasteiger partial charge >= 0.3 is 0 Å². The Morgan fingerprint density at radius 2 is 1.61 bits per heavy atom. The van der Waals surface area contributed by atoms with Gasteiger partial charge in [-0.05, 0) is 37.1 Å². The summed E-state index contributed by atoms with van der Waals surface area (Å²) in [5.41, 5.74) is 0. The maximum Gasteiger partial charge on any atom is 0.243 e. The monoisotopic (exact) mass is 449 g/mol. The average Bonchev–Trinajstić information content (AvgIpc) is 2.70. The Morgan fingerprint density at radius 3 is 2.21 bits per heavy atom. The van der Waals surface area contributed by atoms with Crippen LogP contribution in [0.15, 0.2) is 29.2 Å². The summed E-state index contributed by atoms with van der Waals surface area (Å²) in [6.45, 7) is 2.07. The third-order valence-electron chi connectivity index (χ3n) is 5.44. The summed E-state index contributed by atoms with van der Waals surface area (Å²) in [5, 5.41) is 3.59. The molecule has 1 N–H and O–H groups in total. The highest BCUT2D eigenvalue weighted by atomic mass is 35.5. The zero-order valence-electron chi connectivity index (χ0n) is 15.9. The van der Waals surface area contributed by atoms with Gasteiger partial charge < -0.3 is 5.32 Å². The topological polar surface area (TPSA) is 86.8 Å². The third kappa shape index (κ3) is 5.25. The quantitative estimate of drug-likeness (QED) is 0.687. The van der Waals surface area contributed by atoms with Crippen LogP contribution in [0.5, 0.6) is 0 Å². The average molecular weight is 450 g/mol. The Bertz CT molecular complexity index is 847. The van der Waals surface area contributed by atoms with Gasteiger partial charge in [0.2, 0.25) is 20.0 Å². The minimum atomic E-state index is -3.79. The smallest absolute Gasteiger partial charge is 0.243 e. The first kappa shape index (κ1) is 22.0. The molecule has 0 amide bonds. The lowest BCUT2D eigenvalue weighted by Crippen LogP contribution is -2.49. The molecule has 1 aliphatic heterocycles. The molecular formula is C18H28ClN3O4S2. The van der Waals surface area contributed by atoms with Crippen LogP contribution in [0.1, 0.15) is 32.1 Å². The van der Waals surface area contributed by atoms with E-state index in [4.69, 9.17) is 11.6 Å². The van der Waals surface area contributed by atoms with Crippen molar-refractivity contribution in [3.8, 4) is 0 Å². The molecule has 0 spiro atoms. The zero-order chi connectivity index (χ0) is 20.2. The minimum Gasteiger partial charge on any atom is -0.314 e. The molecule has 0 aromatic heterocycles. The van der Waals surface area contributed by atoms with Crippen molar-refractivity contribution in [1.82, 2.24) is 13.9 Å². The minimum absolute atomic E-state index is 0.0259. The predicted octanol–water partition coefficient (Wildman–Crippen LogP) is 1.90. The lowest BCUT2D eigenvalue weighted by Gasteiger charge is -2.34. The fourth-order valence-corrected chi connectivity index (χ4v) is 7.22. The van der Waals surface area contributed by atoms with Crippen molar-refractivity contribution in [2.45, 2.75) is 43.0 Å². The molecule has 1 saturated carbocycles. The third-order valence-corrected chi connectivity index (χ3v) is 9.51. The number of sulfonamides is 2. The van der Waals surface area contributed by atoms with Gasteiger partial charge in [0.15, 0.2) is 0 Å². The summed E-state index contributed by atoms with van der Waals surface area (Å²) < 4.78 is 54.9. The molecule has 28 heavy (non-hydrogen) atoms. The summed E-state index contributed by atoms with van der Waals surface area (Å²) in [5.74, 6) is -0.198. The fourth-order valence-electron chi connectivity index (χ4n) is 3.87. The Morgan fingerprint density at radius 1 is 1.00 bits per heavy atom. The van der Waals surface area contributed by atoms with Crippen LogP contribution >= 0.6 is 11.6 Å². The van der Waals surface area contributed by atoms with Crippen LogP contribution in [0.25, 0.3) is 0 Å². The van der Waals surface area contributed by atoms with Crippen LogP contribution in [-0.2, 0) is 20.0 Å². The number of rotatable bonds is 7. The molecule has 2 fully saturated rings. The fraction of sp³-hybridized carbons (Fsp3) is 0.667. The highest BCUT2D eigenvalue weighted by Crippen LogP contribution is 2.28. The molecule has 3 rings (SSSR count). The van der Waals surface area contributed by atoms with Crippen molar-refractivity contribution in [1.29, 1.82) is 0 Å². The molecule has 1 heterocycles. The molecule has 0 atom stereocenters. The van der Waals surface area contributed by atoms with Crippen LogP contribution in [0.4, 0.5) is 0 Å². The van der Waals surface area contributed by atoms with E-state index in [9.17, 15) is 16.8 Å². The van der Waals surface area contributed by atoms with Crippen molar-refractivity contribution in [2.24, 2.45) is 0 Å². The SMILES string of the molecule is O=S(=O)(CCN(C1CCCCC1)S(=O)(=O)c1ccc(Cl)cc1)N1CCNCC1. The first-order valence-electron chi connectivity index (χ1n) is 9.77. The number of nitrogens with zero attached hydrogens (tertiary/aromatic N) is 2. The Labute approximate surface area is 173 Å². The van der Waals surface area contributed by atoms with Crippen molar-refractivity contribution >= 4 is 31.6 Å². The number of hydrogen-bond donors (Lipinski definition) is 1. The largest absolute Gasteiger partial charge is 0.314 e. The second-order valence-electron chi connectivity index (χ2n) is 7.33. The van der Waals surface area contributed by atoms with Gasteiger partial charge in [-0.25, -0.2) is 16.8 Å². The molecule has 7 nitrogen and oxygen atoms in total. The normalized spacial score (nSPS) is 20.5. The molecule has 0 bridgehead atoms. The summed E-state index contributed by atoms with van der Waals surface area (Å²) in [6, 6.07) is 5.90. The highest BCUT2D eigenvalue weighted by molar-refractivity contribution is 7.90. The van der Waals surface area contributed by atoms with E-state index < -0.39 is 20.0 Å². The molecule has 158 valence electrons. The van der Waals surface area contributed by atoms with Crippen molar-refractivity contribution in [3.63, 3.8) is 0 Å². The van der Waals surface area contributed by atoms with E-state index in [0.29, 0.717) is 31.2 Å². The van der Waals surface area contributed by atoms with E-state index in [2.05, 4.69) is 5.32 Å². The Balaban J connectivity index is 1.81. The molecule has 1 aromatic carbocycles. The first-order valence-corrected chi connectivity index (χ1v) is 13.2. The molecular weight excluding hydrogens is 422 g/mol. The summed E-state index contributed by atoms with van der Waals surface area (Å²) in [7, 11) is -7.29. The lowest BCUT2D eigenvalue weighted by atomic mass is 9.95. The number of halogens is 1. The van der Waals surface area contributed by atoms with Crippen molar-refractivity contribution < 1.29 is 16.8 Å². The Hall–Kier alpha value is -0.710. The van der Waals surface area contributed by atoms with Gasteiger partial charge in [0.25, 0.3) is 0 Å². The summed E-state index contributed by atoms with van der Waals surface area (Å²) in [4.78, 5) is 0.155. The van der Waals surface area contributed by atoms with E-state index in [1.54, 1.807) is 12.1 Å². The number of benzene rings is 1. The molecule has 1 saturated heterocycles. The molecule has 0 unspecified atom stereocenters. The second-order valence-corrected chi connectivity index (χ2v) is 11.7. The standard InChI is InChI=1S/C18H28ClN3O4S2/c19-16-6-8-18(9-7-16)28(25,26)22(17-4-2-1-3-5-17)14-15-27(23,24)21-12-10-20-11-13-21/h6-9,17,20H,1-5,10-15H2. The maximum atomic E-state index is 13.3. The molecule has 0 radical (unpaired) electrons. The van der Waals surface area contributed by atoms with Crippen molar-refractivity contribution in [3.05, 3.63) is 29.3 Å². The second kappa shape index (κ2) is 9.40. The van der Waals surface area contributed by atoms with Gasteiger partial charge in [-0.3, -0.25) is 0 Å². The van der Waals surface area contributed by atoms with Gasteiger partial charge in [0, 0.05) is 43.8 Å². The maximum absolute atomic E-state index is 13.3. The first-order chi connectivity index (χ1) is 13.3. The number of nitrogens with one attached hydrogen (secondary N) is 1. The van der Waals surface area contributed by atoms with Crippen LogP contribution in [0.2, 0.25) is 5.02 Å². The molecule has 10 heteroatoms. The Kier molecular flexibility index (Phi) is 7.38. The number of piperazine rings is 1. The van der Waals surface area contributed by atoms with E-state index in [-0.39, 0.29) is 23.2 Å². The highest BCUT2D eigenvalue weighted by Gasteiger charge is 2.34. The van der Waals surface area contributed by atoms with Crippen LogP contribution in [0.3, 0.4) is 0 Å². The van der Waals surface area contributed by atoms with Gasteiger partial charge in [-0.15, -0.1) is 0 Å². The van der Waals surface area contributed by atoms with Gasteiger partial charge in [0.05, 0.1) is 10.6 Å². The van der Waals surface area contributed by atoms with Crippen molar-refractivity contribution in [2.75, 3.05) is 38.5 Å². The van der Waals surface area contributed by atoms with Crippen LogP contribution < -0.4 is 5.32 Å². The van der Waals surface area contributed by atoms with E-state index >= 15 is 0 Å². The van der Waals surface area contributed by atoms with Gasteiger partial charge in [-0.2, -0.15) is 8.61 Å². The van der Waals surface area contributed by atoms with E-state index in [1.165, 1.54) is 20.7 Å². The molecule has 2 aliphatic rings. The predicted molar refractivity (Wildman–Crippen MR) is 110 cm³/mol. The molecule has 1 aromatic rings. The van der Waals surface area contributed by atoms with Crippen LogP contribution in [0, 0.1) is 0 Å². The summed E-state index contributed by atoms with van der Waals surface area (Å²) >= 11 is 5.90. The van der Waals surface area contributed by atoms with E-state index in [0.717, 1.165) is 32.1 Å². The zero-order valence-corrected chi connectivity index (χ0v) is 18.3. The summed E-state index contributed by atoms with van der Waals surface area (Å²) in [6.07, 6.45) is 4.54. The molecule has 1 aliphatic carbocycles. The lowest BCUT2D eigenvalue weighted by molar-refractivity contribution is 0.260.